The number of aromatic amines is 1. The number of nitrogens with one attached hydrogen (secondary N) is 1. The number of pyridine rings is 1. The number of rotatable bonds is 3. The summed E-state index contributed by atoms with van der Waals surface area (Å²) in [6, 6.07) is 6.95. The SMILES string of the molecule is CC(C)Sc1ccc(F)c(-c2cn(C)c(=O)c3[nH]ccc23)c1. The van der Waals surface area contributed by atoms with Crippen molar-refractivity contribution < 1.29 is 4.39 Å². The molecular weight excluding hydrogens is 299 g/mol. The van der Waals surface area contributed by atoms with Gasteiger partial charge in [0.05, 0.1) is 0 Å². The highest BCUT2D eigenvalue weighted by atomic mass is 32.2. The summed E-state index contributed by atoms with van der Waals surface area (Å²) in [5, 5.41) is 1.17. The van der Waals surface area contributed by atoms with E-state index in [1.54, 1.807) is 37.3 Å². The van der Waals surface area contributed by atoms with Crippen molar-refractivity contribution in [2.45, 2.75) is 24.0 Å². The second-order valence-corrected chi connectivity index (χ2v) is 7.18. The average molecular weight is 316 g/mol. The Balaban J connectivity index is 2.25. The predicted octanol–water partition coefficient (Wildman–Crippen LogP) is 4.17. The monoisotopic (exact) mass is 316 g/mol. The van der Waals surface area contributed by atoms with E-state index in [1.807, 2.05) is 12.1 Å². The van der Waals surface area contributed by atoms with Crippen LogP contribution in [0.1, 0.15) is 13.8 Å². The molecule has 0 unspecified atom stereocenters. The molecule has 0 aliphatic heterocycles. The summed E-state index contributed by atoms with van der Waals surface area (Å²) in [4.78, 5) is 16.1. The fourth-order valence-electron chi connectivity index (χ4n) is 2.54. The molecule has 22 heavy (non-hydrogen) atoms. The summed E-state index contributed by atoms with van der Waals surface area (Å²) >= 11 is 1.69. The highest BCUT2D eigenvalue weighted by Crippen LogP contribution is 2.33. The Bertz CT molecular complexity index is 895. The van der Waals surface area contributed by atoms with Crippen LogP contribution in [-0.4, -0.2) is 14.8 Å². The molecule has 0 bridgehead atoms. The Kier molecular flexibility index (Phi) is 3.83. The summed E-state index contributed by atoms with van der Waals surface area (Å²) in [6.45, 7) is 4.20. The molecule has 1 N–H and O–H groups in total. The number of hydrogen-bond acceptors (Lipinski definition) is 2. The maximum Gasteiger partial charge on any atom is 0.274 e. The summed E-state index contributed by atoms with van der Waals surface area (Å²) in [7, 11) is 1.68. The van der Waals surface area contributed by atoms with Crippen LogP contribution >= 0.6 is 11.8 Å². The number of nitrogens with zero attached hydrogens (tertiary/aromatic N) is 1. The number of thioether (sulfide) groups is 1. The topological polar surface area (TPSA) is 37.8 Å². The second kappa shape index (κ2) is 5.65. The van der Waals surface area contributed by atoms with Crippen molar-refractivity contribution in [3.63, 3.8) is 0 Å². The van der Waals surface area contributed by atoms with Gasteiger partial charge in [0.1, 0.15) is 11.3 Å². The summed E-state index contributed by atoms with van der Waals surface area (Å²) < 4.78 is 15.8. The van der Waals surface area contributed by atoms with Crippen LogP contribution in [-0.2, 0) is 7.05 Å². The van der Waals surface area contributed by atoms with Crippen LogP contribution < -0.4 is 5.56 Å². The van der Waals surface area contributed by atoms with Crippen molar-refractivity contribution in [3.8, 4) is 11.1 Å². The van der Waals surface area contributed by atoms with Crippen LogP contribution in [0.2, 0.25) is 0 Å². The first kappa shape index (κ1) is 14.9. The largest absolute Gasteiger partial charge is 0.357 e. The third kappa shape index (κ3) is 2.57. The van der Waals surface area contributed by atoms with Crippen LogP contribution in [0.15, 0.2) is 46.3 Å². The Morgan fingerprint density at radius 1 is 1.23 bits per heavy atom. The molecule has 0 radical (unpaired) electrons. The number of halogens is 1. The summed E-state index contributed by atoms with van der Waals surface area (Å²) in [5.74, 6) is -0.283. The molecule has 2 heterocycles. The van der Waals surface area contributed by atoms with Gasteiger partial charge in [-0.25, -0.2) is 4.39 Å². The van der Waals surface area contributed by atoms with Crippen LogP contribution in [0.25, 0.3) is 22.0 Å². The van der Waals surface area contributed by atoms with E-state index in [1.165, 1.54) is 10.6 Å². The Hall–Kier alpha value is -2.01. The lowest BCUT2D eigenvalue weighted by atomic mass is 10.0. The highest BCUT2D eigenvalue weighted by Gasteiger charge is 2.14. The maximum absolute atomic E-state index is 14.4. The lowest BCUT2D eigenvalue weighted by Gasteiger charge is -2.11. The van der Waals surface area contributed by atoms with Gasteiger partial charge in [-0.3, -0.25) is 4.79 Å². The summed E-state index contributed by atoms with van der Waals surface area (Å²) in [5.41, 5.74) is 1.63. The van der Waals surface area contributed by atoms with E-state index in [-0.39, 0.29) is 11.4 Å². The lowest BCUT2D eigenvalue weighted by molar-refractivity contribution is 0.630. The molecule has 1 aromatic carbocycles. The smallest absolute Gasteiger partial charge is 0.274 e. The Labute approximate surface area is 132 Å². The minimum absolute atomic E-state index is 0.114. The molecule has 5 heteroatoms. The van der Waals surface area contributed by atoms with E-state index >= 15 is 0 Å². The molecule has 0 saturated heterocycles. The molecule has 3 rings (SSSR count). The van der Waals surface area contributed by atoms with E-state index in [0.717, 1.165) is 15.8 Å². The molecule has 3 nitrogen and oxygen atoms in total. The number of benzene rings is 1. The Morgan fingerprint density at radius 3 is 2.73 bits per heavy atom. The van der Waals surface area contributed by atoms with E-state index < -0.39 is 0 Å². The molecule has 2 aromatic heterocycles. The zero-order chi connectivity index (χ0) is 15.9. The molecule has 3 aromatic rings. The number of hydrogen-bond donors (Lipinski definition) is 1. The third-order valence-electron chi connectivity index (χ3n) is 3.49. The zero-order valence-corrected chi connectivity index (χ0v) is 13.5. The van der Waals surface area contributed by atoms with Gasteiger partial charge in [-0.2, -0.15) is 0 Å². The molecule has 0 aliphatic rings. The molecule has 114 valence electrons. The first-order chi connectivity index (χ1) is 10.5. The van der Waals surface area contributed by atoms with Gasteiger partial charge in [-0.15, -0.1) is 11.8 Å². The number of fused-ring (bicyclic) bond motifs is 1. The van der Waals surface area contributed by atoms with Crippen LogP contribution in [0.5, 0.6) is 0 Å². The normalized spacial score (nSPS) is 11.5. The minimum Gasteiger partial charge on any atom is -0.357 e. The van der Waals surface area contributed by atoms with Crippen LogP contribution in [0.4, 0.5) is 4.39 Å². The van der Waals surface area contributed by atoms with E-state index in [0.29, 0.717) is 16.3 Å². The first-order valence-electron chi connectivity index (χ1n) is 7.10. The summed E-state index contributed by atoms with van der Waals surface area (Å²) in [6.07, 6.45) is 3.40. The fraction of sp³-hybridized carbons (Fsp3) is 0.235. The number of H-pyrrole nitrogens is 1. The molecule has 0 amide bonds. The molecule has 0 atom stereocenters. The van der Waals surface area contributed by atoms with Gasteiger partial charge < -0.3 is 9.55 Å². The van der Waals surface area contributed by atoms with Gasteiger partial charge >= 0.3 is 0 Å². The van der Waals surface area contributed by atoms with Gasteiger partial charge in [-0.1, -0.05) is 13.8 Å². The van der Waals surface area contributed by atoms with Gasteiger partial charge in [0.25, 0.3) is 5.56 Å². The quantitative estimate of drug-likeness (QED) is 0.736. The number of aromatic nitrogens is 2. The molecule has 0 spiro atoms. The lowest BCUT2D eigenvalue weighted by Crippen LogP contribution is -2.16. The van der Waals surface area contributed by atoms with Gasteiger partial charge in [0.15, 0.2) is 0 Å². The molecule has 0 saturated carbocycles. The van der Waals surface area contributed by atoms with E-state index in [9.17, 15) is 9.18 Å². The van der Waals surface area contributed by atoms with Crippen molar-refractivity contribution in [2.24, 2.45) is 7.05 Å². The standard InChI is InChI=1S/C17H17FN2OS/c1-10(2)22-11-4-5-15(18)13(8-11)14-9-20(3)17(21)16-12(14)6-7-19-16/h4-10,19H,1-3H3. The van der Waals surface area contributed by atoms with Gasteiger partial charge in [0, 0.05) is 46.1 Å². The van der Waals surface area contributed by atoms with Crippen molar-refractivity contribution in [2.75, 3.05) is 0 Å². The second-order valence-electron chi connectivity index (χ2n) is 5.53. The molecule has 0 aliphatic carbocycles. The maximum atomic E-state index is 14.4. The van der Waals surface area contributed by atoms with Crippen molar-refractivity contribution in [3.05, 3.63) is 52.8 Å². The van der Waals surface area contributed by atoms with Crippen molar-refractivity contribution in [1.29, 1.82) is 0 Å². The predicted molar refractivity (Wildman–Crippen MR) is 89.9 cm³/mol. The van der Waals surface area contributed by atoms with E-state index in [2.05, 4.69) is 18.8 Å². The van der Waals surface area contributed by atoms with Crippen LogP contribution in [0, 0.1) is 5.82 Å². The van der Waals surface area contributed by atoms with Crippen molar-refractivity contribution >= 4 is 22.7 Å². The van der Waals surface area contributed by atoms with E-state index in [4.69, 9.17) is 0 Å². The van der Waals surface area contributed by atoms with Crippen LogP contribution in [0.3, 0.4) is 0 Å². The van der Waals surface area contributed by atoms with Gasteiger partial charge in [0.2, 0.25) is 0 Å². The zero-order valence-electron chi connectivity index (χ0n) is 12.7. The Morgan fingerprint density at radius 2 is 2.00 bits per heavy atom. The molecule has 0 fully saturated rings. The van der Waals surface area contributed by atoms with Gasteiger partial charge in [-0.05, 0) is 24.3 Å². The first-order valence-corrected chi connectivity index (χ1v) is 7.98. The third-order valence-corrected chi connectivity index (χ3v) is 4.49. The minimum atomic E-state index is -0.283. The highest BCUT2D eigenvalue weighted by molar-refractivity contribution is 7.99. The van der Waals surface area contributed by atoms with Crippen molar-refractivity contribution in [1.82, 2.24) is 9.55 Å². The average Bonchev–Trinajstić information content (AvgIpc) is 2.94. The fourth-order valence-corrected chi connectivity index (χ4v) is 3.42. The number of aryl methyl sites for hydroxylation is 1. The molecular formula is C17H17FN2OS.